The molecule has 2 heterocycles. The Hall–Kier alpha value is -1.36. The first kappa shape index (κ1) is 13.1. The Labute approximate surface area is 108 Å². The van der Waals surface area contributed by atoms with Gasteiger partial charge in [-0.15, -0.1) is 0 Å². The summed E-state index contributed by atoms with van der Waals surface area (Å²) in [5, 5.41) is 6.52. The van der Waals surface area contributed by atoms with Gasteiger partial charge in [0.25, 0.3) is 0 Å². The van der Waals surface area contributed by atoms with Gasteiger partial charge in [0.05, 0.1) is 0 Å². The zero-order valence-electron chi connectivity index (χ0n) is 11.2. The molecule has 2 N–H and O–H groups in total. The molecule has 0 radical (unpaired) electrons. The van der Waals surface area contributed by atoms with Crippen LogP contribution in [0.4, 0.5) is 11.8 Å². The number of hydrogen-bond acceptors (Lipinski definition) is 5. The van der Waals surface area contributed by atoms with E-state index in [2.05, 4.69) is 20.6 Å². The first-order valence-electron chi connectivity index (χ1n) is 6.68. The van der Waals surface area contributed by atoms with Crippen LogP contribution in [-0.4, -0.2) is 36.3 Å². The summed E-state index contributed by atoms with van der Waals surface area (Å²) in [6.45, 7) is 7.67. The summed E-state index contributed by atoms with van der Waals surface area (Å²) in [6, 6.07) is 0. The van der Waals surface area contributed by atoms with E-state index in [0.717, 1.165) is 44.1 Å². The minimum absolute atomic E-state index is 0.690. The van der Waals surface area contributed by atoms with Gasteiger partial charge in [-0.2, -0.15) is 4.98 Å². The zero-order valence-corrected chi connectivity index (χ0v) is 11.2. The molecular formula is C13H22N4O. The summed E-state index contributed by atoms with van der Waals surface area (Å²) in [5.74, 6) is 2.32. The highest BCUT2D eigenvalue weighted by molar-refractivity contribution is 5.46. The summed E-state index contributed by atoms with van der Waals surface area (Å²) in [7, 11) is 0. The molecule has 100 valence electrons. The van der Waals surface area contributed by atoms with E-state index in [-0.39, 0.29) is 0 Å². The molecule has 1 aromatic rings. The van der Waals surface area contributed by atoms with Crippen LogP contribution >= 0.6 is 0 Å². The van der Waals surface area contributed by atoms with Gasteiger partial charge in [0.2, 0.25) is 5.95 Å². The molecular weight excluding hydrogens is 228 g/mol. The van der Waals surface area contributed by atoms with Crippen LogP contribution in [-0.2, 0) is 4.74 Å². The molecule has 0 spiro atoms. The molecule has 0 aromatic carbocycles. The fourth-order valence-corrected chi connectivity index (χ4v) is 2.07. The molecule has 1 unspecified atom stereocenters. The summed E-state index contributed by atoms with van der Waals surface area (Å²) >= 11 is 0. The van der Waals surface area contributed by atoms with E-state index in [9.17, 15) is 0 Å². The predicted molar refractivity (Wildman–Crippen MR) is 73.0 cm³/mol. The van der Waals surface area contributed by atoms with E-state index < -0.39 is 0 Å². The van der Waals surface area contributed by atoms with E-state index in [4.69, 9.17) is 4.74 Å². The third kappa shape index (κ3) is 3.57. The van der Waals surface area contributed by atoms with Crippen molar-refractivity contribution in [1.82, 2.24) is 9.97 Å². The van der Waals surface area contributed by atoms with E-state index in [0.29, 0.717) is 11.9 Å². The summed E-state index contributed by atoms with van der Waals surface area (Å²) in [5.41, 5.74) is 1.08. The van der Waals surface area contributed by atoms with Crippen LogP contribution < -0.4 is 10.6 Å². The topological polar surface area (TPSA) is 59.1 Å². The lowest BCUT2D eigenvalue weighted by Gasteiger charge is -2.12. The maximum atomic E-state index is 5.37. The highest BCUT2D eigenvalue weighted by atomic mass is 16.5. The second-order valence-corrected chi connectivity index (χ2v) is 4.70. The number of aromatic nitrogens is 2. The Bertz CT molecular complexity index is 377. The standard InChI is InChI=1S/C13H22N4O/c1-3-14-13-16-8-10(2)12(17-13)15-6-4-11-5-7-18-9-11/h8,11H,3-7,9H2,1-2H3,(H2,14,15,16,17). The fourth-order valence-electron chi connectivity index (χ4n) is 2.07. The molecule has 5 heteroatoms. The van der Waals surface area contributed by atoms with Crippen LogP contribution in [0.1, 0.15) is 25.3 Å². The minimum Gasteiger partial charge on any atom is -0.381 e. The van der Waals surface area contributed by atoms with Crippen LogP contribution in [0.2, 0.25) is 0 Å². The molecule has 1 atom stereocenters. The number of rotatable bonds is 6. The minimum atomic E-state index is 0.690. The molecule has 2 rings (SSSR count). The molecule has 0 saturated carbocycles. The molecule has 5 nitrogen and oxygen atoms in total. The van der Waals surface area contributed by atoms with E-state index in [1.54, 1.807) is 0 Å². The average Bonchev–Trinajstić information content (AvgIpc) is 2.86. The predicted octanol–water partition coefficient (Wildman–Crippen LogP) is 2.06. The molecule has 1 aromatic heterocycles. The van der Waals surface area contributed by atoms with Crippen molar-refractivity contribution in [3.05, 3.63) is 11.8 Å². The van der Waals surface area contributed by atoms with Gasteiger partial charge in [0.1, 0.15) is 5.82 Å². The lowest BCUT2D eigenvalue weighted by molar-refractivity contribution is 0.185. The highest BCUT2D eigenvalue weighted by Crippen LogP contribution is 2.17. The van der Waals surface area contributed by atoms with Crippen molar-refractivity contribution in [2.24, 2.45) is 5.92 Å². The maximum absolute atomic E-state index is 5.37. The normalized spacial score (nSPS) is 18.9. The lowest BCUT2D eigenvalue weighted by Crippen LogP contribution is -2.12. The van der Waals surface area contributed by atoms with Gasteiger partial charge in [-0.1, -0.05) is 0 Å². The number of nitrogens with zero attached hydrogens (tertiary/aromatic N) is 2. The Balaban J connectivity index is 1.85. The smallest absolute Gasteiger partial charge is 0.224 e. The number of ether oxygens (including phenoxy) is 1. The lowest BCUT2D eigenvalue weighted by atomic mass is 10.1. The van der Waals surface area contributed by atoms with Gasteiger partial charge >= 0.3 is 0 Å². The first-order chi connectivity index (χ1) is 8.79. The first-order valence-corrected chi connectivity index (χ1v) is 6.68. The van der Waals surface area contributed by atoms with E-state index in [1.165, 1.54) is 6.42 Å². The maximum Gasteiger partial charge on any atom is 0.224 e. The SMILES string of the molecule is CCNc1ncc(C)c(NCCC2CCOC2)n1. The molecule has 1 fully saturated rings. The number of hydrogen-bond donors (Lipinski definition) is 2. The Morgan fingerprint density at radius 1 is 1.44 bits per heavy atom. The molecule has 18 heavy (non-hydrogen) atoms. The van der Waals surface area contributed by atoms with Gasteiger partial charge in [0, 0.05) is 38.1 Å². The van der Waals surface area contributed by atoms with Crippen molar-refractivity contribution in [1.29, 1.82) is 0 Å². The summed E-state index contributed by atoms with van der Waals surface area (Å²) < 4.78 is 5.37. The monoisotopic (exact) mass is 250 g/mol. The second kappa shape index (κ2) is 6.54. The Morgan fingerprint density at radius 2 is 2.33 bits per heavy atom. The largest absolute Gasteiger partial charge is 0.381 e. The van der Waals surface area contributed by atoms with Gasteiger partial charge in [0.15, 0.2) is 0 Å². The van der Waals surface area contributed by atoms with Gasteiger partial charge in [-0.05, 0) is 32.6 Å². The van der Waals surface area contributed by atoms with Crippen molar-refractivity contribution >= 4 is 11.8 Å². The van der Waals surface area contributed by atoms with Gasteiger partial charge < -0.3 is 15.4 Å². The molecule has 1 saturated heterocycles. The van der Waals surface area contributed by atoms with Crippen molar-refractivity contribution in [3.63, 3.8) is 0 Å². The summed E-state index contributed by atoms with van der Waals surface area (Å²) in [6.07, 6.45) is 4.18. The van der Waals surface area contributed by atoms with E-state index >= 15 is 0 Å². The quantitative estimate of drug-likeness (QED) is 0.809. The Morgan fingerprint density at radius 3 is 3.06 bits per heavy atom. The molecule has 0 amide bonds. The highest BCUT2D eigenvalue weighted by Gasteiger charge is 2.15. The molecule has 0 aliphatic carbocycles. The van der Waals surface area contributed by atoms with Gasteiger partial charge in [-0.3, -0.25) is 0 Å². The van der Waals surface area contributed by atoms with Crippen LogP contribution in [0.15, 0.2) is 6.20 Å². The average molecular weight is 250 g/mol. The molecule has 1 aliphatic rings. The van der Waals surface area contributed by atoms with E-state index in [1.807, 2.05) is 20.0 Å². The molecule has 0 bridgehead atoms. The van der Waals surface area contributed by atoms with Crippen molar-refractivity contribution < 1.29 is 4.74 Å². The summed E-state index contributed by atoms with van der Waals surface area (Å²) in [4.78, 5) is 8.69. The van der Waals surface area contributed by atoms with Crippen molar-refractivity contribution in [2.75, 3.05) is 36.9 Å². The van der Waals surface area contributed by atoms with Crippen LogP contribution in [0, 0.1) is 12.8 Å². The van der Waals surface area contributed by atoms with Crippen LogP contribution in [0.3, 0.4) is 0 Å². The molecule has 1 aliphatic heterocycles. The Kier molecular flexibility index (Phi) is 4.75. The number of aryl methyl sites for hydroxylation is 1. The zero-order chi connectivity index (χ0) is 12.8. The number of nitrogens with one attached hydrogen (secondary N) is 2. The van der Waals surface area contributed by atoms with Crippen molar-refractivity contribution in [3.8, 4) is 0 Å². The third-order valence-corrected chi connectivity index (χ3v) is 3.18. The van der Waals surface area contributed by atoms with Crippen LogP contribution in [0.5, 0.6) is 0 Å². The second-order valence-electron chi connectivity index (χ2n) is 4.70. The van der Waals surface area contributed by atoms with Gasteiger partial charge in [-0.25, -0.2) is 4.98 Å². The van der Waals surface area contributed by atoms with Crippen LogP contribution in [0.25, 0.3) is 0 Å². The fraction of sp³-hybridized carbons (Fsp3) is 0.692. The number of anilines is 2. The van der Waals surface area contributed by atoms with Crippen molar-refractivity contribution in [2.45, 2.75) is 26.7 Å². The third-order valence-electron chi connectivity index (χ3n) is 3.18.